The summed E-state index contributed by atoms with van der Waals surface area (Å²) in [5, 5.41) is 41.9. The molecule has 0 saturated carbocycles. The zero-order valence-corrected chi connectivity index (χ0v) is 30.4. The Morgan fingerprint density at radius 2 is 0.939 bits per heavy atom. The predicted molar refractivity (Wildman–Crippen MR) is 192 cm³/mol. The summed E-state index contributed by atoms with van der Waals surface area (Å²) in [7, 11) is 0. The Hall–Kier alpha value is -4.47. The second-order valence-electron chi connectivity index (χ2n) is 11.6. The molecular weight excluding hydrogens is 663 g/mol. The molecule has 0 bridgehead atoms. The molecule has 49 heavy (non-hydrogen) atoms. The maximum atomic E-state index is 11.0. The molecule has 0 aliphatic rings. The van der Waals surface area contributed by atoms with Gasteiger partial charge >= 0.3 is 16.8 Å². The van der Waals surface area contributed by atoms with Crippen LogP contribution in [0.3, 0.4) is 0 Å². The van der Waals surface area contributed by atoms with Gasteiger partial charge in [-0.25, -0.2) is 0 Å². The van der Waals surface area contributed by atoms with E-state index in [0.29, 0.717) is 22.9 Å². The zero-order valence-electron chi connectivity index (χ0n) is 29.3. The van der Waals surface area contributed by atoms with E-state index in [2.05, 4.69) is 52.0 Å². The number of nitrogens with zero attached hydrogens (tertiary/aromatic N) is 2. The van der Waals surface area contributed by atoms with E-state index in [1.54, 1.807) is 12.4 Å². The van der Waals surface area contributed by atoms with Gasteiger partial charge in [0, 0.05) is 35.5 Å². The number of carboxylic acids is 2. The Bertz CT molecular complexity index is 1600. The molecule has 9 heteroatoms. The van der Waals surface area contributed by atoms with Crippen molar-refractivity contribution in [2.75, 3.05) is 0 Å². The van der Waals surface area contributed by atoms with Gasteiger partial charge in [-0.05, 0) is 96.8 Å². The Morgan fingerprint density at radius 1 is 0.612 bits per heavy atom. The molecule has 4 rings (SSSR count). The van der Waals surface area contributed by atoms with Gasteiger partial charge in [0.05, 0.1) is 11.4 Å². The number of aromatic hydroxyl groups is 2. The number of aryl methyl sites for hydroxylation is 4. The number of hydrogen-bond acceptors (Lipinski definition) is 8. The standard InChI is InChI=1S/C36H42N2O2.2C2H4O2.Co/c1-5-11-25-17-29(13-7-3)35(39)31(19-25)23-37-33-21-27-15-9-10-16-28(27)22-34(33)38-24-32-20-26(12-6-2)18-30(14-8-4)36(32)40;2*1-2(3)4;/h9-10,15-24,39-40H,5-8,11-14H2,1-4H3;2*1H3,(H,3,4);/q;;;+2/p-2. The first kappa shape index (κ1) is 42.5. The molecule has 0 aliphatic heterocycles. The second-order valence-corrected chi connectivity index (χ2v) is 11.6. The number of phenols is 2. The molecule has 0 atom stereocenters. The van der Waals surface area contributed by atoms with Crippen LogP contribution in [0.5, 0.6) is 11.5 Å². The monoisotopic (exact) mass is 711 g/mol. The summed E-state index contributed by atoms with van der Waals surface area (Å²) in [6.07, 6.45) is 11.1. The Morgan fingerprint density at radius 3 is 1.24 bits per heavy atom. The van der Waals surface area contributed by atoms with Gasteiger partial charge in [0.15, 0.2) is 0 Å². The molecule has 0 heterocycles. The van der Waals surface area contributed by atoms with Crippen molar-refractivity contribution < 1.29 is 46.8 Å². The molecule has 0 fully saturated rings. The molecule has 0 amide bonds. The maximum Gasteiger partial charge on any atom is 2.00 e. The third-order valence-electron chi connectivity index (χ3n) is 7.20. The summed E-state index contributed by atoms with van der Waals surface area (Å²) in [6, 6.07) is 20.6. The molecule has 0 aliphatic carbocycles. The summed E-state index contributed by atoms with van der Waals surface area (Å²) >= 11 is 0. The molecule has 4 aromatic rings. The van der Waals surface area contributed by atoms with Crippen LogP contribution in [0, 0.1) is 0 Å². The van der Waals surface area contributed by atoms with E-state index >= 15 is 0 Å². The van der Waals surface area contributed by atoms with Gasteiger partial charge in [-0.1, -0.05) is 89.8 Å². The number of fused-ring (bicyclic) bond motifs is 1. The average Bonchev–Trinajstić information content (AvgIpc) is 3.02. The van der Waals surface area contributed by atoms with Crippen LogP contribution in [0.4, 0.5) is 11.4 Å². The number of hydrogen-bond donors (Lipinski definition) is 2. The predicted octanol–water partition coefficient (Wildman–Crippen LogP) is 7.07. The summed E-state index contributed by atoms with van der Waals surface area (Å²) in [5.41, 5.74) is 7.25. The molecule has 0 aromatic heterocycles. The minimum Gasteiger partial charge on any atom is -0.550 e. The van der Waals surface area contributed by atoms with Crippen LogP contribution in [0.15, 0.2) is 70.6 Å². The van der Waals surface area contributed by atoms with Crippen LogP contribution in [0.25, 0.3) is 10.8 Å². The first-order valence-corrected chi connectivity index (χ1v) is 16.6. The van der Waals surface area contributed by atoms with Gasteiger partial charge in [-0.2, -0.15) is 0 Å². The van der Waals surface area contributed by atoms with Gasteiger partial charge in [-0.15, -0.1) is 0 Å². The first-order chi connectivity index (χ1) is 22.9. The summed E-state index contributed by atoms with van der Waals surface area (Å²) < 4.78 is 0. The minimum absolute atomic E-state index is 0. The van der Waals surface area contributed by atoms with Crippen molar-refractivity contribution in [2.45, 2.75) is 92.9 Å². The summed E-state index contributed by atoms with van der Waals surface area (Å²) in [5.74, 6) is -1.56. The number of carbonyl (C=O) groups is 2. The van der Waals surface area contributed by atoms with Gasteiger partial charge in [0.2, 0.25) is 0 Å². The molecule has 1 radical (unpaired) electrons. The van der Waals surface area contributed by atoms with Gasteiger partial charge in [-0.3, -0.25) is 9.98 Å². The third-order valence-corrected chi connectivity index (χ3v) is 7.20. The van der Waals surface area contributed by atoms with Crippen molar-refractivity contribution in [3.63, 3.8) is 0 Å². The number of carboxylic acid groups (broad SMARTS) is 2. The Kier molecular flexibility index (Phi) is 19.3. The second kappa shape index (κ2) is 22.2. The number of carbonyl (C=O) groups excluding carboxylic acids is 2. The molecule has 0 spiro atoms. The van der Waals surface area contributed by atoms with Crippen LogP contribution < -0.4 is 10.2 Å². The fourth-order valence-electron chi connectivity index (χ4n) is 5.26. The van der Waals surface area contributed by atoms with E-state index in [0.717, 1.165) is 98.2 Å². The van der Waals surface area contributed by atoms with Crippen LogP contribution in [-0.4, -0.2) is 34.6 Å². The van der Waals surface area contributed by atoms with Crippen molar-refractivity contribution in [2.24, 2.45) is 9.98 Å². The topological polar surface area (TPSA) is 145 Å². The SMILES string of the molecule is CC(=O)[O-].CC(=O)[O-].CCCc1cc(C=Nc2cc3ccccc3cc2N=Cc2cc(CCC)cc(CCC)c2O)c(O)c(CCC)c1.[Co+2]. The maximum absolute atomic E-state index is 11.0. The van der Waals surface area contributed by atoms with Crippen molar-refractivity contribution >= 4 is 46.5 Å². The van der Waals surface area contributed by atoms with Gasteiger partial charge in [0.1, 0.15) is 11.5 Å². The zero-order chi connectivity index (χ0) is 35.6. The van der Waals surface area contributed by atoms with E-state index in [1.165, 1.54) is 11.1 Å². The van der Waals surface area contributed by atoms with Crippen molar-refractivity contribution in [1.29, 1.82) is 0 Å². The number of rotatable bonds is 12. The third kappa shape index (κ3) is 14.3. The number of aliphatic carboxylic acids is 2. The van der Waals surface area contributed by atoms with E-state index in [1.807, 2.05) is 36.4 Å². The fraction of sp³-hybridized carbons (Fsp3) is 0.350. The normalized spacial score (nSPS) is 10.7. The smallest absolute Gasteiger partial charge is 0.550 e. The van der Waals surface area contributed by atoms with Crippen LogP contribution in [0.2, 0.25) is 0 Å². The molecule has 0 saturated heterocycles. The largest absolute Gasteiger partial charge is 2.00 e. The van der Waals surface area contributed by atoms with Crippen molar-refractivity contribution in [3.8, 4) is 11.5 Å². The van der Waals surface area contributed by atoms with E-state index in [-0.39, 0.29) is 16.8 Å². The number of phenolic OH excluding ortho intramolecular Hbond substituents is 2. The average molecular weight is 712 g/mol. The van der Waals surface area contributed by atoms with E-state index in [4.69, 9.17) is 29.8 Å². The quantitative estimate of drug-likeness (QED) is 0.150. The van der Waals surface area contributed by atoms with Crippen LogP contribution in [0.1, 0.15) is 101 Å². The fourth-order valence-corrected chi connectivity index (χ4v) is 5.26. The summed E-state index contributed by atoms with van der Waals surface area (Å²) in [6.45, 7) is 10.5. The van der Waals surface area contributed by atoms with E-state index < -0.39 is 11.9 Å². The van der Waals surface area contributed by atoms with Crippen LogP contribution >= 0.6 is 0 Å². The minimum atomic E-state index is -1.08. The number of aliphatic imine (C=N–C) groups is 2. The van der Waals surface area contributed by atoms with Crippen molar-refractivity contribution in [3.05, 3.63) is 94.0 Å². The van der Waals surface area contributed by atoms with E-state index in [9.17, 15) is 10.2 Å². The molecular formula is C40H48CoN2O6. The molecule has 4 aromatic carbocycles. The Labute approximate surface area is 300 Å². The molecule has 8 nitrogen and oxygen atoms in total. The molecule has 2 N–H and O–H groups in total. The molecule has 263 valence electrons. The first-order valence-electron chi connectivity index (χ1n) is 16.6. The van der Waals surface area contributed by atoms with Crippen LogP contribution in [-0.2, 0) is 52.1 Å². The van der Waals surface area contributed by atoms with Gasteiger partial charge in [0.25, 0.3) is 0 Å². The Balaban J connectivity index is 0.00000120. The van der Waals surface area contributed by atoms with Crippen molar-refractivity contribution in [1.82, 2.24) is 0 Å². The molecule has 0 unspecified atom stereocenters. The summed E-state index contributed by atoms with van der Waals surface area (Å²) in [4.78, 5) is 27.5. The van der Waals surface area contributed by atoms with Gasteiger partial charge < -0.3 is 30.0 Å². The number of benzene rings is 4.